The van der Waals surface area contributed by atoms with Gasteiger partial charge in [-0.1, -0.05) is 5.16 Å². The number of carbonyl (C=O) groups is 1. The molecular formula is C20H21N3O4. The molecule has 0 saturated carbocycles. The SMILES string of the molecule is CCOc1ccc(Nc2ncccc2C(=O)OCc2c(C)noc2C)cc1. The molecule has 0 fully saturated rings. The molecule has 2 aromatic heterocycles. The smallest absolute Gasteiger partial charge is 0.342 e. The Labute approximate surface area is 157 Å². The molecule has 0 radical (unpaired) electrons. The number of ether oxygens (including phenoxy) is 2. The Balaban J connectivity index is 1.72. The van der Waals surface area contributed by atoms with Crippen molar-refractivity contribution < 1.29 is 18.8 Å². The van der Waals surface area contributed by atoms with E-state index in [0.717, 1.165) is 17.0 Å². The molecule has 0 aliphatic heterocycles. The van der Waals surface area contributed by atoms with Crippen molar-refractivity contribution in [2.24, 2.45) is 0 Å². The van der Waals surface area contributed by atoms with E-state index in [1.54, 1.807) is 25.3 Å². The predicted molar refractivity (Wildman–Crippen MR) is 100 cm³/mol. The molecule has 0 atom stereocenters. The molecule has 1 aromatic carbocycles. The number of hydrogen-bond donors (Lipinski definition) is 1. The molecule has 0 bridgehead atoms. The fourth-order valence-electron chi connectivity index (χ4n) is 2.53. The quantitative estimate of drug-likeness (QED) is 0.627. The lowest BCUT2D eigenvalue weighted by Gasteiger charge is -2.11. The predicted octanol–water partition coefficient (Wildman–Crippen LogP) is 4.19. The molecule has 27 heavy (non-hydrogen) atoms. The second-order valence-corrected chi connectivity index (χ2v) is 5.86. The molecule has 7 heteroatoms. The van der Waals surface area contributed by atoms with Crippen molar-refractivity contribution in [1.29, 1.82) is 0 Å². The number of anilines is 2. The van der Waals surface area contributed by atoms with Crippen LogP contribution in [0.3, 0.4) is 0 Å². The van der Waals surface area contributed by atoms with Crippen LogP contribution in [0.2, 0.25) is 0 Å². The molecule has 0 amide bonds. The van der Waals surface area contributed by atoms with Gasteiger partial charge in [0.1, 0.15) is 29.5 Å². The van der Waals surface area contributed by atoms with Gasteiger partial charge in [0.15, 0.2) is 0 Å². The van der Waals surface area contributed by atoms with Crippen molar-refractivity contribution in [3.63, 3.8) is 0 Å². The van der Waals surface area contributed by atoms with Gasteiger partial charge in [-0.2, -0.15) is 0 Å². The lowest BCUT2D eigenvalue weighted by atomic mass is 10.2. The average Bonchev–Trinajstić information content (AvgIpc) is 3.00. The topological polar surface area (TPSA) is 86.5 Å². The van der Waals surface area contributed by atoms with Gasteiger partial charge in [0.2, 0.25) is 0 Å². The number of pyridine rings is 1. The summed E-state index contributed by atoms with van der Waals surface area (Å²) >= 11 is 0. The maximum absolute atomic E-state index is 12.5. The zero-order chi connectivity index (χ0) is 19.2. The summed E-state index contributed by atoms with van der Waals surface area (Å²) in [6, 6.07) is 10.8. The van der Waals surface area contributed by atoms with Gasteiger partial charge in [-0.3, -0.25) is 0 Å². The van der Waals surface area contributed by atoms with Crippen molar-refractivity contribution in [3.8, 4) is 5.75 Å². The van der Waals surface area contributed by atoms with Gasteiger partial charge in [0.05, 0.1) is 17.9 Å². The number of nitrogens with one attached hydrogen (secondary N) is 1. The molecule has 1 N–H and O–H groups in total. The van der Waals surface area contributed by atoms with Gasteiger partial charge in [-0.25, -0.2) is 9.78 Å². The number of benzene rings is 1. The summed E-state index contributed by atoms with van der Waals surface area (Å²) in [5.74, 6) is 1.37. The van der Waals surface area contributed by atoms with Crippen LogP contribution in [0.4, 0.5) is 11.5 Å². The minimum Gasteiger partial charge on any atom is -0.494 e. The molecule has 3 aromatic rings. The zero-order valence-corrected chi connectivity index (χ0v) is 15.5. The minimum absolute atomic E-state index is 0.0946. The highest BCUT2D eigenvalue weighted by molar-refractivity contribution is 5.95. The average molecular weight is 367 g/mol. The number of aromatic nitrogens is 2. The lowest BCUT2D eigenvalue weighted by molar-refractivity contribution is 0.0471. The second kappa shape index (κ2) is 8.35. The van der Waals surface area contributed by atoms with Gasteiger partial charge in [-0.05, 0) is 57.2 Å². The van der Waals surface area contributed by atoms with Crippen LogP contribution in [0.25, 0.3) is 0 Å². The summed E-state index contributed by atoms with van der Waals surface area (Å²) in [7, 11) is 0. The lowest BCUT2D eigenvalue weighted by Crippen LogP contribution is -2.10. The monoisotopic (exact) mass is 367 g/mol. The largest absolute Gasteiger partial charge is 0.494 e. The summed E-state index contributed by atoms with van der Waals surface area (Å²) in [6.45, 7) is 6.22. The summed E-state index contributed by atoms with van der Waals surface area (Å²) in [5, 5.41) is 7.00. The summed E-state index contributed by atoms with van der Waals surface area (Å²) < 4.78 is 15.9. The molecule has 140 valence electrons. The third-order valence-corrected chi connectivity index (χ3v) is 3.98. The number of aryl methyl sites for hydroxylation is 2. The van der Waals surface area contributed by atoms with E-state index >= 15 is 0 Å². The highest BCUT2D eigenvalue weighted by atomic mass is 16.5. The molecule has 0 aliphatic carbocycles. The summed E-state index contributed by atoms with van der Waals surface area (Å²) in [4.78, 5) is 16.8. The van der Waals surface area contributed by atoms with Gasteiger partial charge in [0.25, 0.3) is 0 Å². The number of esters is 1. The molecule has 0 saturated heterocycles. The summed E-state index contributed by atoms with van der Waals surface area (Å²) in [6.07, 6.45) is 1.61. The Kier molecular flexibility index (Phi) is 5.71. The Morgan fingerprint density at radius 1 is 1.19 bits per heavy atom. The Morgan fingerprint density at radius 3 is 2.63 bits per heavy atom. The molecule has 3 rings (SSSR count). The van der Waals surface area contributed by atoms with Crippen LogP contribution in [0, 0.1) is 13.8 Å². The van der Waals surface area contributed by atoms with Gasteiger partial charge in [0, 0.05) is 11.9 Å². The molecular weight excluding hydrogens is 346 g/mol. The van der Waals surface area contributed by atoms with Gasteiger partial charge < -0.3 is 19.3 Å². The highest BCUT2D eigenvalue weighted by Crippen LogP contribution is 2.22. The molecule has 0 unspecified atom stereocenters. The van der Waals surface area contributed by atoms with Crippen LogP contribution in [-0.2, 0) is 11.3 Å². The van der Waals surface area contributed by atoms with Crippen molar-refractivity contribution in [3.05, 3.63) is 65.2 Å². The van der Waals surface area contributed by atoms with E-state index in [9.17, 15) is 4.79 Å². The third kappa shape index (κ3) is 4.44. The molecule has 2 heterocycles. The minimum atomic E-state index is -0.475. The van der Waals surface area contributed by atoms with E-state index in [-0.39, 0.29) is 6.61 Å². The van der Waals surface area contributed by atoms with Crippen LogP contribution in [-0.4, -0.2) is 22.7 Å². The Hall–Kier alpha value is -3.35. The van der Waals surface area contributed by atoms with Crippen LogP contribution in [0.1, 0.15) is 34.3 Å². The van der Waals surface area contributed by atoms with Gasteiger partial charge in [-0.15, -0.1) is 0 Å². The van der Waals surface area contributed by atoms with Crippen LogP contribution in [0.15, 0.2) is 47.1 Å². The van der Waals surface area contributed by atoms with E-state index in [1.165, 1.54) is 0 Å². The zero-order valence-electron chi connectivity index (χ0n) is 15.5. The first kappa shape index (κ1) is 18.4. The molecule has 7 nitrogen and oxygen atoms in total. The summed E-state index contributed by atoms with van der Waals surface area (Å²) in [5.41, 5.74) is 2.61. The number of nitrogens with zero attached hydrogens (tertiary/aromatic N) is 2. The van der Waals surface area contributed by atoms with E-state index in [1.807, 2.05) is 38.1 Å². The first-order valence-corrected chi connectivity index (χ1v) is 8.62. The van der Waals surface area contributed by atoms with E-state index in [0.29, 0.717) is 29.4 Å². The van der Waals surface area contributed by atoms with Crippen molar-refractivity contribution in [1.82, 2.24) is 10.1 Å². The van der Waals surface area contributed by atoms with Crippen LogP contribution >= 0.6 is 0 Å². The fraction of sp³-hybridized carbons (Fsp3) is 0.250. The fourth-order valence-corrected chi connectivity index (χ4v) is 2.53. The number of hydrogen-bond acceptors (Lipinski definition) is 7. The first-order chi connectivity index (χ1) is 13.1. The van der Waals surface area contributed by atoms with Crippen LogP contribution < -0.4 is 10.1 Å². The Morgan fingerprint density at radius 2 is 1.96 bits per heavy atom. The highest BCUT2D eigenvalue weighted by Gasteiger charge is 2.17. The maximum Gasteiger partial charge on any atom is 0.342 e. The number of rotatable bonds is 7. The van der Waals surface area contributed by atoms with Crippen molar-refractivity contribution in [2.75, 3.05) is 11.9 Å². The van der Waals surface area contributed by atoms with Crippen molar-refractivity contribution in [2.45, 2.75) is 27.4 Å². The van der Waals surface area contributed by atoms with E-state index in [2.05, 4.69) is 15.5 Å². The van der Waals surface area contributed by atoms with E-state index < -0.39 is 5.97 Å². The normalized spacial score (nSPS) is 10.5. The van der Waals surface area contributed by atoms with Crippen LogP contribution in [0.5, 0.6) is 5.75 Å². The Bertz CT molecular complexity index is 900. The standard InChI is InChI=1S/C20H21N3O4/c1-4-25-16-9-7-15(8-10-16)22-19-17(6-5-11-21-19)20(24)26-12-18-13(2)23-27-14(18)3/h5-11H,4,12H2,1-3H3,(H,21,22). The van der Waals surface area contributed by atoms with Crippen molar-refractivity contribution >= 4 is 17.5 Å². The third-order valence-electron chi connectivity index (χ3n) is 3.98. The van der Waals surface area contributed by atoms with E-state index in [4.69, 9.17) is 14.0 Å². The van der Waals surface area contributed by atoms with Gasteiger partial charge >= 0.3 is 5.97 Å². The second-order valence-electron chi connectivity index (χ2n) is 5.86. The number of carbonyl (C=O) groups excluding carboxylic acids is 1. The maximum atomic E-state index is 12.5. The molecule has 0 aliphatic rings. The first-order valence-electron chi connectivity index (χ1n) is 8.62. The molecule has 0 spiro atoms.